The van der Waals surface area contributed by atoms with Crippen LogP contribution < -0.4 is 4.74 Å². The smallest absolute Gasteiger partial charge is 0.341 e. The van der Waals surface area contributed by atoms with Gasteiger partial charge in [-0.25, -0.2) is 4.79 Å². The largest absolute Gasteiger partial charge is 0.496 e. The molecule has 2 aromatic carbocycles. The maximum atomic E-state index is 12.1. The van der Waals surface area contributed by atoms with Crippen LogP contribution in [0.1, 0.15) is 27.3 Å². The number of methoxy groups -OCH3 is 3. The topological polar surface area (TPSA) is 75.5 Å². The number of ether oxygens (including phenoxy) is 3. The van der Waals surface area contributed by atoms with Crippen LogP contribution in [0.5, 0.6) is 5.75 Å². The van der Waals surface area contributed by atoms with Crippen LogP contribution in [-0.2, 0) is 21.8 Å². The first-order chi connectivity index (χ1) is 14.1. The highest BCUT2D eigenvalue weighted by atomic mass is 32.2. The average Bonchev–Trinajstić information content (AvgIpc) is 3.14. The highest BCUT2D eigenvalue weighted by molar-refractivity contribution is 7.98. The molecule has 0 aliphatic rings. The summed E-state index contributed by atoms with van der Waals surface area (Å²) in [5, 5.41) is 9.35. The number of hydrogen-bond donors (Lipinski definition) is 0. The van der Waals surface area contributed by atoms with E-state index in [-0.39, 0.29) is 0 Å². The number of thioether (sulfide) groups is 1. The molecule has 8 heteroatoms. The Morgan fingerprint density at radius 3 is 2.52 bits per heavy atom. The summed E-state index contributed by atoms with van der Waals surface area (Å²) in [6.45, 7) is 2.26. The number of benzene rings is 2. The lowest BCUT2D eigenvalue weighted by molar-refractivity contribution is 0.0596. The molecule has 3 aromatic rings. The van der Waals surface area contributed by atoms with E-state index in [4.69, 9.17) is 14.2 Å². The molecule has 0 atom stereocenters. The molecule has 0 saturated heterocycles. The first-order valence-corrected chi connectivity index (χ1v) is 9.94. The van der Waals surface area contributed by atoms with Crippen molar-refractivity contribution in [3.05, 3.63) is 65.0 Å². The zero-order valence-electron chi connectivity index (χ0n) is 16.8. The van der Waals surface area contributed by atoms with Crippen LogP contribution in [0.15, 0.2) is 47.6 Å². The first-order valence-electron chi connectivity index (χ1n) is 8.96. The van der Waals surface area contributed by atoms with Crippen molar-refractivity contribution in [1.82, 2.24) is 14.8 Å². The third kappa shape index (κ3) is 4.60. The normalized spacial score (nSPS) is 10.8. The van der Waals surface area contributed by atoms with Gasteiger partial charge in [-0.3, -0.25) is 4.57 Å². The number of carbonyl (C=O) groups excluding carboxylic acids is 1. The van der Waals surface area contributed by atoms with Gasteiger partial charge in [0.2, 0.25) is 0 Å². The molecule has 0 radical (unpaired) electrons. The number of hydrogen-bond acceptors (Lipinski definition) is 7. The lowest BCUT2D eigenvalue weighted by atomic mass is 10.1. The Bertz CT molecular complexity index is 989. The SMILES string of the molecule is COCc1nnc(SCc2cc(C)c(OC)c(C(=O)OC)c2)n1-c1ccccc1. The maximum absolute atomic E-state index is 12.1. The molecule has 1 heterocycles. The van der Waals surface area contributed by atoms with Gasteiger partial charge in [0.15, 0.2) is 11.0 Å². The molecule has 0 spiro atoms. The average molecular weight is 413 g/mol. The second kappa shape index (κ2) is 9.58. The Balaban J connectivity index is 1.91. The van der Waals surface area contributed by atoms with Crippen molar-refractivity contribution >= 4 is 17.7 Å². The minimum atomic E-state index is -0.424. The minimum absolute atomic E-state index is 0.358. The number of nitrogens with zero attached hydrogens (tertiary/aromatic N) is 3. The summed E-state index contributed by atoms with van der Waals surface area (Å²) in [7, 11) is 4.53. The number of esters is 1. The molecule has 0 N–H and O–H groups in total. The van der Waals surface area contributed by atoms with Gasteiger partial charge in [-0.1, -0.05) is 36.0 Å². The number of aryl methyl sites for hydroxylation is 1. The summed E-state index contributed by atoms with van der Waals surface area (Å²) < 4.78 is 17.5. The highest BCUT2D eigenvalue weighted by Gasteiger charge is 2.18. The van der Waals surface area contributed by atoms with Crippen LogP contribution in [0, 0.1) is 6.92 Å². The second-order valence-electron chi connectivity index (χ2n) is 6.28. The van der Waals surface area contributed by atoms with Crippen LogP contribution >= 0.6 is 11.8 Å². The molecule has 0 fully saturated rings. The Kier molecular flexibility index (Phi) is 6.90. The van der Waals surface area contributed by atoms with E-state index in [0.717, 1.165) is 27.8 Å². The fourth-order valence-corrected chi connectivity index (χ4v) is 3.97. The molecule has 3 rings (SSSR count). The van der Waals surface area contributed by atoms with Crippen LogP contribution in [0.3, 0.4) is 0 Å². The third-order valence-electron chi connectivity index (χ3n) is 4.30. The van der Waals surface area contributed by atoms with Crippen molar-refractivity contribution in [2.45, 2.75) is 24.4 Å². The zero-order valence-corrected chi connectivity index (χ0v) is 17.7. The van der Waals surface area contributed by atoms with Gasteiger partial charge >= 0.3 is 5.97 Å². The molecular weight excluding hydrogens is 390 g/mol. The van der Waals surface area contributed by atoms with Crippen molar-refractivity contribution in [3.63, 3.8) is 0 Å². The van der Waals surface area contributed by atoms with Crippen molar-refractivity contribution < 1.29 is 19.0 Å². The van der Waals surface area contributed by atoms with Gasteiger partial charge in [0.05, 0.1) is 14.2 Å². The Labute approximate surface area is 174 Å². The Hall–Kier alpha value is -2.84. The summed E-state index contributed by atoms with van der Waals surface area (Å²) in [5.74, 6) is 1.43. The van der Waals surface area contributed by atoms with E-state index in [0.29, 0.717) is 23.7 Å². The molecule has 0 saturated carbocycles. The third-order valence-corrected chi connectivity index (χ3v) is 5.30. The summed E-state index contributed by atoms with van der Waals surface area (Å²) in [4.78, 5) is 12.1. The van der Waals surface area contributed by atoms with E-state index in [1.54, 1.807) is 20.3 Å². The van der Waals surface area contributed by atoms with E-state index >= 15 is 0 Å². The highest BCUT2D eigenvalue weighted by Crippen LogP contribution is 2.30. The van der Waals surface area contributed by atoms with Gasteiger partial charge in [0.25, 0.3) is 0 Å². The lowest BCUT2D eigenvalue weighted by Gasteiger charge is -2.13. The monoisotopic (exact) mass is 413 g/mol. The minimum Gasteiger partial charge on any atom is -0.496 e. The number of para-hydroxylation sites is 1. The molecule has 0 unspecified atom stereocenters. The van der Waals surface area contributed by atoms with E-state index in [9.17, 15) is 4.79 Å². The van der Waals surface area contributed by atoms with E-state index in [2.05, 4.69) is 10.2 Å². The predicted octanol–water partition coefficient (Wildman–Crippen LogP) is 3.81. The van der Waals surface area contributed by atoms with Gasteiger partial charge < -0.3 is 14.2 Å². The van der Waals surface area contributed by atoms with Gasteiger partial charge in [-0.15, -0.1) is 10.2 Å². The summed E-state index contributed by atoms with van der Waals surface area (Å²) in [6.07, 6.45) is 0. The molecule has 1 aromatic heterocycles. The number of aromatic nitrogens is 3. The standard InChI is InChI=1S/C21H23N3O4S/c1-14-10-15(11-17(19(14)27-3)20(25)28-4)13-29-21-23-22-18(12-26-2)24(21)16-8-6-5-7-9-16/h5-11H,12-13H2,1-4H3. The molecule has 7 nitrogen and oxygen atoms in total. The van der Waals surface area contributed by atoms with Crippen LogP contribution in [-0.4, -0.2) is 42.1 Å². The summed E-state index contributed by atoms with van der Waals surface area (Å²) >= 11 is 1.53. The molecule has 0 amide bonds. The van der Waals surface area contributed by atoms with Crippen LogP contribution in [0.4, 0.5) is 0 Å². The van der Waals surface area contributed by atoms with Crippen LogP contribution in [0.25, 0.3) is 5.69 Å². The fraction of sp³-hybridized carbons (Fsp3) is 0.286. The van der Waals surface area contributed by atoms with E-state index in [1.165, 1.54) is 18.9 Å². The van der Waals surface area contributed by atoms with Gasteiger partial charge in [-0.05, 0) is 36.2 Å². The van der Waals surface area contributed by atoms with E-state index in [1.807, 2.05) is 47.9 Å². The van der Waals surface area contributed by atoms with Crippen molar-refractivity contribution in [2.75, 3.05) is 21.3 Å². The quantitative estimate of drug-likeness (QED) is 0.411. The van der Waals surface area contributed by atoms with Crippen molar-refractivity contribution in [1.29, 1.82) is 0 Å². The number of carbonyl (C=O) groups is 1. The van der Waals surface area contributed by atoms with Crippen LogP contribution in [0.2, 0.25) is 0 Å². The van der Waals surface area contributed by atoms with Gasteiger partial charge in [-0.2, -0.15) is 0 Å². The predicted molar refractivity (Wildman–Crippen MR) is 111 cm³/mol. The summed E-state index contributed by atoms with van der Waals surface area (Å²) in [6, 6.07) is 13.7. The summed E-state index contributed by atoms with van der Waals surface area (Å²) in [5.41, 5.74) is 3.21. The van der Waals surface area contributed by atoms with Gasteiger partial charge in [0, 0.05) is 18.6 Å². The zero-order chi connectivity index (χ0) is 20.8. The first kappa shape index (κ1) is 20.9. The molecule has 0 aliphatic heterocycles. The molecule has 29 heavy (non-hydrogen) atoms. The van der Waals surface area contributed by atoms with Crippen molar-refractivity contribution in [3.8, 4) is 11.4 Å². The second-order valence-corrected chi connectivity index (χ2v) is 7.22. The molecule has 0 aliphatic carbocycles. The lowest BCUT2D eigenvalue weighted by Crippen LogP contribution is -2.06. The molecular formula is C21H23N3O4S. The number of rotatable bonds is 8. The van der Waals surface area contributed by atoms with Gasteiger partial charge in [0.1, 0.15) is 17.9 Å². The Morgan fingerprint density at radius 1 is 1.10 bits per heavy atom. The molecule has 0 bridgehead atoms. The molecule has 152 valence electrons. The Morgan fingerprint density at radius 2 is 1.86 bits per heavy atom. The van der Waals surface area contributed by atoms with E-state index < -0.39 is 5.97 Å². The fourth-order valence-electron chi connectivity index (χ4n) is 3.07. The maximum Gasteiger partial charge on any atom is 0.341 e. The van der Waals surface area contributed by atoms with Crippen molar-refractivity contribution in [2.24, 2.45) is 0 Å².